The fourth-order valence-corrected chi connectivity index (χ4v) is 2.72. The van der Waals surface area contributed by atoms with Crippen molar-refractivity contribution in [1.82, 2.24) is 9.78 Å². The summed E-state index contributed by atoms with van der Waals surface area (Å²) in [6, 6.07) is 18.0. The molecule has 0 radical (unpaired) electrons. The van der Waals surface area contributed by atoms with Crippen LogP contribution < -0.4 is 0 Å². The van der Waals surface area contributed by atoms with Crippen LogP contribution in [0.4, 0.5) is 0 Å². The Morgan fingerprint density at radius 3 is 2.22 bits per heavy atom. The van der Waals surface area contributed by atoms with Crippen LogP contribution in [0.3, 0.4) is 0 Å². The van der Waals surface area contributed by atoms with Crippen molar-refractivity contribution >= 4 is 0 Å². The zero-order valence-corrected chi connectivity index (χ0v) is 13.8. The zero-order chi connectivity index (χ0) is 16.4. The van der Waals surface area contributed by atoms with Crippen LogP contribution in [0, 0.1) is 12.8 Å². The Morgan fingerprint density at radius 2 is 1.61 bits per heavy atom. The zero-order valence-electron chi connectivity index (χ0n) is 13.8. The second-order valence-electron chi connectivity index (χ2n) is 6.35. The van der Waals surface area contributed by atoms with Crippen molar-refractivity contribution in [3.63, 3.8) is 0 Å². The number of hydrogen-bond donors (Lipinski definition) is 1. The molecule has 1 aromatic heterocycles. The molecule has 0 unspecified atom stereocenters. The van der Waals surface area contributed by atoms with Crippen LogP contribution in [-0.4, -0.2) is 14.9 Å². The van der Waals surface area contributed by atoms with Crippen molar-refractivity contribution in [3.8, 4) is 28.3 Å². The van der Waals surface area contributed by atoms with Gasteiger partial charge in [-0.2, -0.15) is 5.10 Å². The lowest BCUT2D eigenvalue weighted by molar-refractivity contribution is 0.468. The van der Waals surface area contributed by atoms with Crippen LogP contribution in [0.1, 0.15) is 19.4 Å². The van der Waals surface area contributed by atoms with Gasteiger partial charge in [0.2, 0.25) is 0 Å². The Labute approximate surface area is 137 Å². The third kappa shape index (κ3) is 3.14. The Bertz CT molecular complexity index is 787. The van der Waals surface area contributed by atoms with Crippen LogP contribution in [0.2, 0.25) is 0 Å². The van der Waals surface area contributed by atoms with E-state index in [0.29, 0.717) is 11.6 Å². The van der Waals surface area contributed by atoms with E-state index in [4.69, 9.17) is 5.10 Å². The second kappa shape index (κ2) is 6.29. The van der Waals surface area contributed by atoms with Gasteiger partial charge in [0.25, 0.3) is 0 Å². The van der Waals surface area contributed by atoms with Crippen LogP contribution in [0.15, 0.2) is 54.6 Å². The van der Waals surface area contributed by atoms with Crippen molar-refractivity contribution < 1.29 is 5.11 Å². The lowest BCUT2D eigenvalue weighted by atomic mass is 10.1. The van der Waals surface area contributed by atoms with Gasteiger partial charge in [0.15, 0.2) is 5.75 Å². The van der Waals surface area contributed by atoms with Crippen LogP contribution in [0.25, 0.3) is 22.5 Å². The summed E-state index contributed by atoms with van der Waals surface area (Å²) in [5, 5.41) is 15.5. The highest BCUT2D eigenvalue weighted by atomic mass is 16.3. The Kier molecular flexibility index (Phi) is 4.20. The highest BCUT2D eigenvalue weighted by Gasteiger charge is 2.20. The highest BCUT2D eigenvalue weighted by molar-refractivity contribution is 5.78. The third-order valence-electron chi connectivity index (χ3n) is 3.84. The summed E-state index contributed by atoms with van der Waals surface area (Å²) in [6.45, 7) is 7.12. The van der Waals surface area contributed by atoms with Gasteiger partial charge in [-0.25, -0.2) is 0 Å². The van der Waals surface area contributed by atoms with Gasteiger partial charge in [0.1, 0.15) is 11.4 Å². The van der Waals surface area contributed by atoms with E-state index in [1.165, 1.54) is 5.56 Å². The summed E-state index contributed by atoms with van der Waals surface area (Å²) in [6.07, 6.45) is 0. The number of rotatable bonds is 4. The SMILES string of the molecule is Cc1ccc(-c2nn(CC(C)C)c(-c3ccccc3)c2O)cc1. The van der Waals surface area contributed by atoms with E-state index in [9.17, 15) is 5.11 Å². The molecule has 2 aromatic carbocycles. The van der Waals surface area contributed by atoms with E-state index >= 15 is 0 Å². The molecule has 0 aliphatic rings. The molecule has 3 nitrogen and oxygen atoms in total. The van der Waals surface area contributed by atoms with Gasteiger partial charge < -0.3 is 5.11 Å². The lowest BCUT2D eigenvalue weighted by Gasteiger charge is -2.09. The van der Waals surface area contributed by atoms with Gasteiger partial charge in [-0.1, -0.05) is 74.0 Å². The maximum absolute atomic E-state index is 10.8. The minimum absolute atomic E-state index is 0.251. The Morgan fingerprint density at radius 1 is 0.957 bits per heavy atom. The molecule has 0 amide bonds. The van der Waals surface area contributed by atoms with E-state index in [-0.39, 0.29) is 5.75 Å². The quantitative estimate of drug-likeness (QED) is 0.745. The molecule has 0 saturated carbocycles. The maximum atomic E-state index is 10.8. The number of aromatic hydroxyl groups is 1. The van der Waals surface area contributed by atoms with Crippen molar-refractivity contribution in [2.75, 3.05) is 0 Å². The number of hydrogen-bond acceptors (Lipinski definition) is 2. The minimum atomic E-state index is 0.251. The van der Waals surface area contributed by atoms with Gasteiger partial charge >= 0.3 is 0 Å². The van der Waals surface area contributed by atoms with Crippen LogP contribution in [-0.2, 0) is 6.54 Å². The van der Waals surface area contributed by atoms with Crippen molar-refractivity contribution in [2.24, 2.45) is 5.92 Å². The monoisotopic (exact) mass is 306 g/mol. The fourth-order valence-electron chi connectivity index (χ4n) is 2.72. The van der Waals surface area contributed by atoms with E-state index < -0.39 is 0 Å². The van der Waals surface area contributed by atoms with Gasteiger partial charge in [-0.3, -0.25) is 4.68 Å². The summed E-state index contributed by atoms with van der Waals surface area (Å²) in [7, 11) is 0. The highest BCUT2D eigenvalue weighted by Crippen LogP contribution is 2.38. The molecule has 23 heavy (non-hydrogen) atoms. The first-order valence-electron chi connectivity index (χ1n) is 7.98. The first kappa shape index (κ1) is 15.3. The standard InChI is InChI=1S/C20H22N2O/c1-14(2)13-22-19(17-7-5-4-6-8-17)20(23)18(21-22)16-11-9-15(3)10-12-16/h4-12,14,23H,13H2,1-3H3. The topological polar surface area (TPSA) is 38.0 Å². The number of aryl methyl sites for hydroxylation is 1. The number of benzene rings is 2. The molecule has 118 valence electrons. The summed E-state index contributed by atoms with van der Waals surface area (Å²) in [5.74, 6) is 0.698. The summed E-state index contributed by atoms with van der Waals surface area (Å²) in [5.41, 5.74) is 4.54. The molecule has 0 saturated heterocycles. The molecule has 0 aliphatic carbocycles. The molecule has 1 N–H and O–H groups in total. The van der Waals surface area contributed by atoms with Crippen LogP contribution in [0.5, 0.6) is 5.75 Å². The van der Waals surface area contributed by atoms with Crippen molar-refractivity contribution in [3.05, 3.63) is 60.2 Å². The number of aromatic nitrogens is 2. The van der Waals surface area contributed by atoms with Gasteiger partial charge in [0, 0.05) is 17.7 Å². The minimum Gasteiger partial charge on any atom is -0.504 e. The molecule has 0 spiro atoms. The molecule has 3 aromatic rings. The van der Waals surface area contributed by atoms with Gasteiger partial charge in [-0.15, -0.1) is 0 Å². The molecule has 0 fully saturated rings. The lowest BCUT2D eigenvalue weighted by Crippen LogP contribution is -2.07. The molecule has 3 rings (SSSR count). The summed E-state index contributed by atoms with van der Waals surface area (Å²) in [4.78, 5) is 0. The molecule has 0 atom stereocenters. The smallest absolute Gasteiger partial charge is 0.169 e. The predicted molar refractivity (Wildman–Crippen MR) is 94.3 cm³/mol. The molecule has 0 bridgehead atoms. The third-order valence-corrected chi connectivity index (χ3v) is 3.84. The second-order valence-corrected chi connectivity index (χ2v) is 6.35. The first-order chi connectivity index (χ1) is 11.1. The largest absolute Gasteiger partial charge is 0.504 e. The average Bonchev–Trinajstić information content (AvgIpc) is 2.84. The van der Waals surface area contributed by atoms with Crippen LogP contribution >= 0.6 is 0 Å². The summed E-state index contributed by atoms with van der Waals surface area (Å²) >= 11 is 0. The number of nitrogens with zero attached hydrogens (tertiary/aromatic N) is 2. The van der Waals surface area contributed by atoms with Crippen molar-refractivity contribution in [1.29, 1.82) is 0 Å². The Balaban J connectivity index is 2.16. The van der Waals surface area contributed by atoms with E-state index in [2.05, 4.69) is 20.8 Å². The molecule has 3 heteroatoms. The normalized spacial score (nSPS) is 11.1. The van der Waals surface area contributed by atoms with Gasteiger partial charge in [0.05, 0.1) is 0 Å². The van der Waals surface area contributed by atoms with Gasteiger partial charge in [-0.05, 0) is 12.8 Å². The maximum Gasteiger partial charge on any atom is 0.169 e. The average molecular weight is 306 g/mol. The molecular weight excluding hydrogens is 284 g/mol. The summed E-state index contributed by atoms with van der Waals surface area (Å²) < 4.78 is 1.92. The molecule has 0 aliphatic heterocycles. The molecular formula is C20H22N2O. The Hall–Kier alpha value is -2.55. The van der Waals surface area contributed by atoms with Crippen molar-refractivity contribution in [2.45, 2.75) is 27.3 Å². The van der Waals surface area contributed by atoms with E-state index in [0.717, 1.165) is 23.4 Å². The first-order valence-corrected chi connectivity index (χ1v) is 7.98. The molecule has 1 heterocycles. The van der Waals surface area contributed by atoms with E-state index in [1.54, 1.807) is 0 Å². The fraction of sp³-hybridized carbons (Fsp3) is 0.250. The predicted octanol–water partition coefficient (Wildman–Crippen LogP) is 4.89. The van der Waals surface area contributed by atoms with E-state index in [1.807, 2.05) is 59.3 Å².